The largest absolute Gasteiger partial charge is 0.481 e. The Morgan fingerprint density at radius 3 is 2.42 bits per heavy atom. The van der Waals surface area contributed by atoms with Crippen molar-refractivity contribution >= 4 is 5.97 Å². The van der Waals surface area contributed by atoms with Gasteiger partial charge in [0.1, 0.15) is 0 Å². The summed E-state index contributed by atoms with van der Waals surface area (Å²) >= 11 is 0. The van der Waals surface area contributed by atoms with Crippen LogP contribution in [-0.2, 0) is 30.6 Å². The lowest BCUT2D eigenvalue weighted by molar-refractivity contribution is -0.141. The molecule has 0 aliphatic heterocycles. The summed E-state index contributed by atoms with van der Waals surface area (Å²) < 4.78 is 39.6. The molecule has 0 aromatic heterocycles. The molecule has 2 aromatic rings. The first kappa shape index (κ1) is 18.5. The fraction of sp³-hybridized carbons (Fsp3) is 0.350. The molecule has 26 heavy (non-hydrogen) atoms. The van der Waals surface area contributed by atoms with Gasteiger partial charge in [-0.3, -0.25) is 4.79 Å². The van der Waals surface area contributed by atoms with E-state index in [0.29, 0.717) is 6.54 Å². The third kappa shape index (κ3) is 4.25. The van der Waals surface area contributed by atoms with Gasteiger partial charge in [-0.1, -0.05) is 18.2 Å². The number of carboxylic acids is 1. The van der Waals surface area contributed by atoms with E-state index < -0.39 is 29.3 Å². The zero-order valence-electron chi connectivity index (χ0n) is 14.2. The number of hydrogen-bond donors (Lipinski definition) is 2. The summed E-state index contributed by atoms with van der Waals surface area (Å²) in [4.78, 5) is 11.4. The number of fused-ring (bicyclic) bond motifs is 1. The van der Waals surface area contributed by atoms with Crippen molar-refractivity contribution in [3.63, 3.8) is 0 Å². The molecule has 0 spiro atoms. The highest BCUT2D eigenvalue weighted by atomic mass is 19.2. The topological polar surface area (TPSA) is 49.3 Å². The molecule has 0 heterocycles. The molecule has 0 bridgehead atoms. The Bertz CT molecular complexity index is 800. The fourth-order valence-corrected chi connectivity index (χ4v) is 3.38. The van der Waals surface area contributed by atoms with Crippen molar-refractivity contribution < 1.29 is 23.1 Å². The van der Waals surface area contributed by atoms with Gasteiger partial charge in [0, 0.05) is 13.1 Å². The zero-order valence-corrected chi connectivity index (χ0v) is 14.2. The monoisotopic (exact) mass is 363 g/mol. The van der Waals surface area contributed by atoms with E-state index in [-0.39, 0.29) is 18.5 Å². The zero-order chi connectivity index (χ0) is 18.7. The SMILES string of the molecule is O=C(O)C(CNCc1ccc2c(c1)CCC2)Cc1cc(F)c(F)c(F)c1. The highest BCUT2D eigenvalue weighted by molar-refractivity contribution is 5.70. The van der Waals surface area contributed by atoms with E-state index in [1.165, 1.54) is 11.1 Å². The van der Waals surface area contributed by atoms with E-state index in [4.69, 9.17) is 0 Å². The highest BCUT2D eigenvalue weighted by Crippen LogP contribution is 2.23. The van der Waals surface area contributed by atoms with Gasteiger partial charge < -0.3 is 10.4 Å². The standard InChI is InChI=1S/C20H20F3NO2/c21-17-8-13(9-18(22)19(17)23)7-16(20(25)26)11-24-10-12-4-5-14-2-1-3-15(14)6-12/h4-6,8-9,16,24H,1-3,7,10-11H2,(H,25,26). The quantitative estimate of drug-likeness (QED) is 0.739. The molecule has 0 radical (unpaired) electrons. The van der Waals surface area contributed by atoms with Crippen LogP contribution in [0.5, 0.6) is 0 Å². The maximum absolute atomic E-state index is 13.3. The second-order valence-electron chi connectivity index (χ2n) is 6.70. The van der Waals surface area contributed by atoms with Gasteiger partial charge in [0.15, 0.2) is 17.5 Å². The molecule has 0 fully saturated rings. The molecule has 2 aromatic carbocycles. The Morgan fingerprint density at radius 2 is 1.73 bits per heavy atom. The molecule has 1 unspecified atom stereocenters. The van der Waals surface area contributed by atoms with Gasteiger partial charge in [-0.05, 0) is 60.1 Å². The summed E-state index contributed by atoms with van der Waals surface area (Å²) in [6.45, 7) is 0.663. The summed E-state index contributed by atoms with van der Waals surface area (Å²) in [5, 5.41) is 12.4. The van der Waals surface area contributed by atoms with Crippen molar-refractivity contribution in [1.29, 1.82) is 0 Å². The lowest BCUT2D eigenvalue weighted by Crippen LogP contribution is -2.30. The lowest BCUT2D eigenvalue weighted by atomic mass is 9.98. The number of carbonyl (C=O) groups is 1. The molecule has 1 atom stereocenters. The molecule has 6 heteroatoms. The van der Waals surface area contributed by atoms with Crippen molar-refractivity contribution in [3.05, 3.63) is 70.0 Å². The normalized spacial score (nSPS) is 14.3. The first-order valence-corrected chi connectivity index (χ1v) is 8.61. The average molecular weight is 363 g/mol. The number of aliphatic carboxylic acids is 1. The average Bonchev–Trinajstić information content (AvgIpc) is 3.06. The van der Waals surface area contributed by atoms with E-state index >= 15 is 0 Å². The Morgan fingerprint density at radius 1 is 1.04 bits per heavy atom. The molecule has 3 rings (SSSR count). The van der Waals surface area contributed by atoms with Crippen molar-refractivity contribution in [2.24, 2.45) is 5.92 Å². The maximum atomic E-state index is 13.3. The third-order valence-electron chi connectivity index (χ3n) is 4.76. The maximum Gasteiger partial charge on any atom is 0.308 e. The Labute approximate surface area is 149 Å². The fourth-order valence-electron chi connectivity index (χ4n) is 3.38. The number of aryl methyl sites for hydroxylation is 2. The van der Waals surface area contributed by atoms with Crippen LogP contribution in [0.1, 0.15) is 28.7 Å². The van der Waals surface area contributed by atoms with Crippen LogP contribution in [0.3, 0.4) is 0 Å². The van der Waals surface area contributed by atoms with Crippen LogP contribution in [0, 0.1) is 23.4 Å². The van der Waals surface area contributed by atoms with Gasteiger partial charge in [-0.25, -0.2) is 13.2 Å². The van der Waals surface area contributed by atoms with E-state index in [0.717, 1.165) is 37.0 Å². The lowest BCUT2D eigenvalue weighted by Gasteiger charge is -2.14. The molecule has 3 nitrogen and oxygen atoms in total. The van der Waals surface area contributed by atoms with E-state index in [2.05, 4.69) is 17.4 Å². The van der Waals surface area contributed by atoms with Gasteiger partial charge in [0.25, 0.3) is 0 Å². The first-order chi connectivity index (χ1) is 12.4. The molecule has 1 aliphatic carbocycles. The highest BCUT2D eigenvalue weighted by Gasteiger charge is 2.20. The minimum absolute atomic E-state index is 0.0827. The summed E-state index contributed by atoms with van der Waals surface area (Å²) in [6.07, 6.45) is 3.26. The summed E-state index contributed by atoms with van der Waals surface area (Å²) in [5.41, 5.74) is 3.91. The van der Waals surface area contributed by atoms with Crippen LogP contribution in [-0.4, -0.2) is 17.6 Å². The predicted octanol–water partition coefficient (Wildman–Crippen LogP) is 3.63. The molecule has 138 valence electrons. The van der Waals surface area contributed by atoms with Gasteiger partial charge >= 0.3 is 5.97 Å². The van der Waals surface area contributed by atoms with Gasteiger partial charge in [-0.15, -0.1) is 0 Å². The molecule has 1 aliphatic rings. The smallest absolute Gasteiger partial charge is 0.308 e. The number of rotatable bonds is 7. The molecule has 0 saturated carbocycles. The Kier molecular flexibility index (Phi) is 5.61. The van der Waals surface area contributed by atoms with Gasteiger partial charge in [0.05, 0.1) is 5.92 Å². The Hall–Kier alpha value is -2.34. The van der Waals surface area contributed by atoms with E-state index in [1.807, 2.05) is 6.07 Å². The van der Waals surface area contributed by atoms with Gasteiger partial charge in [0.2, 0.25) is 0 Å². The number of benzene rings is 2. The molecule has 2 N–H and O–H groups in total. The van der Waals surface area contributed by atoms with Crippen LogP contribution in [0.25, 0.3) is 0 Å². The molecular weight excluding hydrogens is 343 g/mol. The minimum atomic E-state index is -1.55. The number of hydrogen-bond acceptors (Lipinski definition) is 2. The summed E-state index contributed by atoms with van der Waals surface area (Å²) in [6, 6.07) is 7.95. The second kappa shape index (κ2) is 7.91. The second-order valence-corrected chi connectivity index (χ2v) is 6.70. The number of halogens is 3. The first-order valence-electron chi connectivity index (χ1n) is 8.61. The molecule has 0 amide bonds. The predicted molar refractivity (Wildman–Crippen MR) is 91.3 cm³/mol. The summed E-state index contributed by atoms with van der Waals surface area (Å²) in [7, 11) is 0. The summed E-state index contributed by atoms with van der Waals surface area (Å²) in [5.74, 6) is -6.11. The van der Waals surface area contributed by atoms with Crippen molar-refractivity contribution in [2.75, 3.05) is 6.54 Å². The van der Waals surface area contributed by atoms with Crippen molar-refractivity contribution in [1.82, 2.24) is 5.32 Å². The van der Waals surface area contributed by atoms with Crippen LogP contribution in [0.2, 0.25) is 0 Å². The van der Waals surface area contributed by atoms with E-state index in [9.17, 15) is 23.1 Å². The minimum Gasteiger partial charge on any atom is -0.481 e. The van der Waals surface area contributed by atoms with Crippen LogP contribution in [0.4, 0.5) is 13.2 Å². The third-order valence-corrected chi connectivity index (χ3v) is 4.76. The number of nitrogens with one attached hydrogen (secondary N) is 1. The molecule has 0 saturated heterocycles. The van der Waals surface area contributed by atoms with Crippen molar-refractivity contribution in [3.8, 4) is 0 Å². The van der Waals surface area contributed by atoms with E-state index in [1.54, 1.807) is 0 Å². The van der Waals surface area contributed by atoms with Crippen LogP contribution < -0.4 is 5.32 Å². The van der Waals surface area contributed by atoms with Crippen molar-refractivity contribution in [2.45, 2.75) is 32.2 Å². The Balaban J connectivity index is 1.60. The number of carboxylic acid groups (broad SMARTS) is 1. The van der Waals surface area contributed by atoms with Crippen LogP contribution in [0.15, 0.2) is 30.3 Å². The van der Waals surface area contributed by atoms with Crippen LogP contribution >= 0.6 is 0 Å². The van der Waals surface area contributed by atoms with Gasteiger partial charge in [-0.2, -0.15) is 0 Å². The molecular formula is C20H20F3NO2.